The lowest BCUT2D eigenvalue weighted by atomic mass is 9.92. The second kappa shape index (κ2) is 7.67. The molecule has 2 aromatic rings. The quantitative estimate of drug-likeness (QED) is 0.795. The van der Waals surface area contributed by atoms with Crippen molar-refractivity contribution in [1.29, 1.82) is 0 Å². The van der Waals surface area contributed by atoms with Gasteiger partial charge in [-0.05, 0) is 13.0 Å². The molecule has 0 aliphatic carbocycles. The lowest BCUT2D eigenvalue weighted by molar-refractivity contribution is 0.0855. The summed E-state index contributed by atoms with van der Waals surface area (Å²) in [7, 11) is 0. The Hall–Kier alpha value is -2.06. The Labute approximate surface area is 153 Å². The number of aromatic nitrogens is 4. The molecule has 26 heavy (non-hydrogen) atoms. The van der Waals surface area contributed by atoms with Gasteiger partial charge in [-0.2, -0.15) is 10.1 Å². The van der Waals surface area contributed by atoms with E-state index in [4.69, 9.17) is 4.52 Å². The molecule has 0 bridgehead atoms. The summed E-state index contributed by atoms with van der Waals surface area (Å²) in [4.78, 5) is 21.0. The average Bonchev–Trinajstić information content (AvgIpc) is 3.14. The maximum atomic E-state index is 12.1. The predicted octanol–water partition coefficient (Wildman–Crippen LogP) is 1.30. The van der Waals surface area contributed by atoms with Crippen molar-refractivity contribution in [3.63, 3.8) is 0 Å². The van der Waals surface area contributed by atoms with Crippen molar-refractivity contribution in [3.05, 3.63) is 40.4 Å². The third kappa shape index (κ3) is 4.37. The van der Waals surface area contributed by atoms with E-state index in [-0.39, 0.29) is 17.0 Å². The van der Waals surface area contributed by atoms with Crippen LogP contribution in [0.1, 0.15) is 45.3 Å². The van der Waals surface area contributed by atoms with E-state index in [0.717, 1.165) is 38.4 Å². The van der Waals surface area contributed by atoms with E-state index in [1.807, 2.05) is 6.07 Å². The summed E-state index contributed by atoms with van der Waals surface area (Å²) in [5.74, 6) is 0.660. The van der Waals surface area contributed by atoms with Crippen molar-refractivity contribution in [3.8, 4) is 0 Å². The van der Waals surface area contributed by atoms with Crippen LogP contribution in [0.3, 0.4) is 0 Å². The molecule has 142 valence electrons. The molecule has 3 heterocycles. The summed E-state index contributed by atoms with van der Waals surface area (Å²) in [5.41, 5.74) is 0.836. The summed E-state index contributed by atoms with van der Waals surface area (Å²) < 4.78 is 6.76. The summed E-state index contributed by atoms with van der Waals surface area (Å²) in [5, 5.41) is 8.23. The van der Waals surface area contributed by atoms with Crippen LogP contribution in [-0.4, -0.2) is 62.4 Å². The van der Waals surface area contributed by atoms with Gasteiger partial charge in [-0.1, -0.05) is 25.9 Å². The number of piperazine rings is 1. The number of hydrogen-bond acceptors (Lipinski definition) is 7. The first-order valence-electron chi connectivity index (χ1n) is 9.16. The van der Waals surface area contributed by atoms with E-state index >= 15 is 0 Å². The second-order valence-corrected chi connectivity index (χ2v) is 7.86. The van der Waals surface area contributed by atoms with Crippen molar-refractivity contribution >= 4 is 0 Å². The maximum absolute atomic E-state index is 12.1. The number of rotatable bonds is 5. The highest BCUT2D eigenvalue weighted by Gasteiger charge is 2.25. The average molecular weight is 360 g/mol. The summed E-state index contributed by atoms with van der Waals surface area (Å²) in [6.07, 6.45) is 1.44. The van der Waals surface area contributed by atoms with Gasteiger partial charge < -0.3 is 4.52 Å². The molecule has 0 saturated carbocycles. The lowest BCUT2D eigenvalue weighted by Gasteiger charge is -2.36. The third-order valence-electron chi connectivity index (χ3n) is 4.95. The molecule has 0 spiro atoms. The molecule has 1 aliphatic heterocycles. The molecule has 2 aromatic heterocycles. The van der Waals surface area contributed by atoms with E-state index in [9.17, 15) is 4.79 Å². The Morgan fingerprint density at radius 2 is 1.88 bits per heavy atom. The van der Waals surface area contributed by atoms with Crippen LogP contribution < -0.4 is 5.56 Å². The molecular weight excluding hydrogens is 332 g/mol. The number of nitrogens with zero attached hydrogens (tertiary/aromatic N) is 6. The predicted molar refractivity (Wildman–Crippen MR) is 97.9 cm³/mol. The van der Waals surface area contributed by atoms with Crippen molar-refractivity contribution in [2.24, 2.45) is 0 Å². The molecule has 1 saturated heterocycles. The normalized spacial score (nSPS) is 18.2. The molecule has 0 radical (unpaired) electrons. The van der Waals surface area contributed by atoms with Gasteiger partial charge in [-0.3, -0.25) is 14.6 Å². The molecular formula is C18H28N6O2. The van der Waals surface area contributed by atoms with Gasteiger partial charge in [0.2, 0.25) is 5.89 Å². The SMILES string of the molecule is CC(c1ncno1)N1CCN(CCn2nc(C(C)(C)C)ccc2=O)CC1. The smallest absolute Gasteiger partial charge is 0.266 e. The molecule has 1 fully saturated rings. The van der Waals surface area contributed by atoms with Gasteiger partial charge in [0.25, 0.3) is 5.56 Å². The van der Waals surface area contributed by atoms with Gasteiger partial charge in [0.15, 0.2) is 6.33 Å². The van der Waals surface area contributed by atoms with Crippen LogP contribution in [0, 0.1) is 0 Å². The summed E-state index contributed by atoms with van der Waals surface area (Å²) >= 11 is 0. The first kappa shape index (κ1) is 18.7. The van der Waals surface area contributed by atoms with Crippen molar-refractivity contribution < 1.29 is 4.52 Å². The zero-order chi connectivity index (χ0) is 18.7. The molecule has 8 nitrogen and oxygen atoms in total. The van der Waals surface area contributed by atoms with Crippen LogP contribution in [0.5, 0.6) is 0 Å². The summed E-state index contributed by atoms with van der Waals surface area (Å²) in [6.45, 7) is 13.6. The fourth-order valence-corrected chi connectivity index (χ4v) is 3.14. The largest absolute Gasteiger partial charge is 0.338 e. The highest BCUT2D eigenvalue weighted by Crippen LogP contribution is 2.19. The standard InChI is InChI=1S/C18H28N6O2/c1-14(17-19-13-20-26-17)23-10-7-22(8-11-23)9-12-24-16(25)6-5-15(21-24)18(2,3)4/h5-6,13-14H,7-12H2,1-4H3. The maximum Gasteiger partial charge on any atom is 0.266 e. The molecule has 8 heteroatoms. The Bertz CT molecular complexity index is 757. The van der Waals surface area contributed by atoms with Crippen molar-refractivity contribution in [1.82, 2.24) is 29.7 Å². The number of hydrogen-bond donors (Lipinski definition) is 0. The molecule has 0 N–H and O–H groups in total. The van der Waals surface area contributed by atoms with E-state index in [2.05, 4.69) is 52.7 Å². The molecule has 1 aliphatic rings. The van der Waals surface area contributed by atoms with Crippen LogP contribution in [-0.2, 0) is 12.0 Å². The van der Waals surface area contributed by atoms with Gasteiger partial charge in [0.05, 0.1) is 18.3 Å². The topological polar surface area (TPSA) is 80.3 Å². The fourth-order valence-electron chi connectivity index (χ4n) is 3.14. The van der Waals surface area contributed by atoms with Crippen LogP contribution in [0.2, 0.25) is 0 Å². The lowest BCUT2D eigenvalue weighted by Crippen LogP contribution is -2.48. The highest BCUT2D eigenvalue weighted by molar-refractivity contribution is 5.10. The minimum Gasteiger partial charge on any atom is -0.338 e. The first-order valence-corrected chi connectivity index (χ1v) is 9.16. The Morgan fingerprint density at radius 1 is 1.15 bits per heavy atom. The molecule has 3 rings (SSSR count). The van der Waals surface area contributed by atoms with Gasteiger partial charge in [-0.15, -0.1) is 0 Å². The van der Waals surface area contributed by atoms with Crippen LogP contribution in [0.15, 0.2) is 27.8 Å². The molecule has 0 aromatic carbocycles. The third-order valence-corrected chi connectivity index (χ3v) is 4.95. The zero-order valence-corrected chi connectivity index (χ0v) is 16.1. The summed E-state index contributed by atoms with van der Waals surface area (Å²) in [6, 6.07) is 3.58. The Morgan fingerprint density at radius 3 is 2.50 bits per heavy atom. The minimum absolute atomic E-state index is 0.0401. The van der Waals surface area contributed by atoms with Crippen LogP contribution in [0.25, 0.3) is 0 Å². The zero-order valence-electron chi connectivity index (χ0n) is 16.1. The fraction of sp³-hybridized carbons (Fsp3) is 0.667. The molecule has 0 amide bonds. The van der Waals surface area contributed by atoms with Gasteiger partial charge >= 0.3 is 0 Å². The highest BCUT2D eigenvalue weighted by atomic mass is 16.5. The van der Waals surface area contributed by atoms with Gasteiger partial charge in [0, 0.05) is 44.2 Å². The molecule has 1 atom stereocenters. The van der Waals surface area contributed by atoms with Crippen molar-refractivity contribution in [2.75, 3.05) is 32.7 Å². The first-order chi connectivity index (χ1) is 12.3. The van der Waals surface area contributed by atoms with Crippen LogP contribution >= 0.6 is 0 Å². The van der Waals surface area contributed by atoms with Crippen molar-refractivity contribution in [2.45, 2.75) is 45.7 Å². The minimum atomic E-state index is -0.0635. The van der Waals surface area contributed by atoms with Gasteiger partial charge in [-0.25, -0.2) is 4.68 Å². The Kier molecular flexibility index (Phi) is 5.52. The van der Waals surface area contributed by atoms with E-state index in [1.54, 1.807) is 10.7 Å². The monoisotopic (exact) mass is 360 g/mol. The van der Waals surface area contributed by atoms with Crippen LogP contribution in [0.4, 0.5) is 0 Å². The van der Waals surface area contributed by atoms with Gasteiger partial charge in [0.1, 0.15) is 0 Å². The second-order valence-electron chi connectivity index (χ2n) is 7.86. The van der Waals surface area contributed by atoms with E-state index < -0.39 is 0 Å². The van der Waals surface area contributed by atoms with E-state index in [1.165, 1.54) is 6.33 Å². The van der Waals surface area contributed by atoms with E-state index in [0.29, 0.717) is 12.4 Å². The Balaban J connectivity index is 1.53. The molecule has 1 unspecified atom stereocenters.